The monoisotopic (exact) mass is 888 g/mol. The summed E-state index contributed by atoms with van der Waals surface area (Å²) in [6, 6.07) is -1.34. The highest BCUT2D eigenvalue weighted by atomic mass is 16.7. The fourth-order valence-electron chi connectivity index (χ4n) is 8.34. The van der Waals surface area contributed by atoms with E-state index in [1.165, 1.54) is 135 Å². The lowest BCUT2D eigenvalue weighted by molar-refractivity contribution is -0.303. The Morgan fingerprint density at radius 1 is 0.548 bits per heavy atom. The van der Waals surface area contributed by atoms with Crippen molar-refractivity contribution in [1.82, 2.24) is 5.32 Å². The van der Waals surface area contributed by atoms with E-state index in [4.69, 9.17) is 9.47 Å². The molecule has 0 spiro atoms. The Labute approximate surface area is 377 Å². The second-order valence-corrected chi connectivity index (χ2v) is 18.4. The van der Waals surface area contributed by atoms with Crippen molar-refractivity contribution in [2.45, 2.75) is 287 Å². The van der Waals surface area contributed by atoms with E-state index in [-0.39, 0.29) is 12.8 Å². The van der Waals surface area contributed by atoms with E-state index in [2.05, 4.69) is 31.3 Å². The number of carbonyl (C=O) groups excluding carboxylic acids is 1. The summed E-state index contributed by atoms with van der Waals surface area (Å²) in [6.45, 7) is 3.25. The normalized spacial score (nSPS) is 21.9. The first-order chi connectivity index (χ1) is 30.1. The van der Waals surface area contributed by atoms with E-state index in [1.54, 1.807) is 0 Å². The van der Waals surface area contributed by atoms with Crippen molar-refractivity contribution >= 4 is 5.91 Å². The second-order valence-electron chi connectivity index (χ2n) is 18.4. The Morgan fingerprint density at radius 2 is 0.952 bits per heavy atom. The van der Waals surface area contributed by atoms with Crippen molar-refractivity contribution in [3.05, 3.63) is 12.2 Å². The van der Waals surface area contributed by atoms with Crippen LogP contribution in [0.3, 0.4) is 0 Å². The predicted octanol–water partition coefficient (Wildman–Crippen LogP) is 8.20. The van der Waals surface area contributed by atoms with Crippen LogP contribution in [-0.2, 0) is 14.3 Å². The molecule has 0 unspecified atom stereocenters. The molecule has 0 saturated carbocycles. The number of ether oxygens (including phenoxy) is 2. The van der Waals surface area contributed by atoms with E-state index >= 15 is 0 Å². The molecule has 12 nitrogen and oxygen atoms in total. The third-order valence-electron chi connectivity index (χ3n) is 12.7. The lowest BCUT2D eigenvalue weighted by atomic mass is 9.96. The Balaban J connectivity index is 2.39. The minimum Gasteiger partial charge on any atom is -0.394 e. The second kappa shape index (κ2) is 40.1. The van der Waals surface area contributed by atoms with E-state index in [0.717, 1.165) is 51.4 Å². The van der Waals surface area contributed by atoms with Crippen LogP contribution in [-0.4, -0.2) is 121 Å². The number of nitrogens with one attached hydrogen (secondary N) is 1. The molecule has 1 amide bonds. The molecule has 62 heavy (non-hydrogen) atoms. The predicted molar refractivity (Wildman–Crippen MR) is 249 cm³/mol. The van der Waals surface area contributed by atoms with Gasteiger partial charge in [-0.1, -0.05) is 199 Å². The van der Waals surface area contributed by atoms with Gasteiger partial charge in [0.05, 0.1) is 25.4 Å². The number of aliphatic hydroxyl groups excluding tert-OH is 8. The van der Waals surface area contributed by atoms with Gasteiger partial charge in [0.2, 0.25) is 5.91 Å². The van der Waals surface area contributed by atoms with Crippen molar-refractivity contribution in [3.63, 3.8) is 0 Å². The van der Waals surface area contributed by atoms with Gasteiger partial charge in [0.15, 0.2) is 6.29 Å². The number of amides is 1. The van der Waals surface area contributed by atoms with E-state index in [0.29, 0.717) is 12.8 Å². The molecule has 1 saturated heterocycles. The summed E-state index contributed by atoms with van der Waals surface area (Å²) >= 11 is 0. The molecule has 12 heteroatoms. The molecule has 0 aliphatic carbocycles. The Morgan fingerprint density at radius 3 is 1.42 bits per heavy atom. The zero-order valence-electron chi connectivity index (χ0n) is 39.5. The van der Waals surface area contributed by atoms with Gasteiger partial charge in [-0.25, -0.2) is 0 Å². The highest BCUT2D eigenvalue weighted by molar-refractivity contribution is 5.80. The lowest BCUT2D eigenvalue weighted by Crippen LogP contribution is -2.61. The van der Waals surface area contributed by atoms with Gasteiger partial charge in [0.25, 0.3) is 0 Å². The van der Waals surface area contributed by atoms with Crippen LogP contribution in [0, 0.1) is 0 Å². The standard InChI is InChI=1S/C50H97NO11/c1-3-5-7-9-11-13-15-16-17-18-19-20-21-22-23-24-25-27-28-30-32-34-36-41(53)45(56)44(55)40(39-61-50-48(59)47(58)46(57)43(38-52)62-50)51-49(60)42(54)37-35-33-31-29-26-14-12-10-8-6-4-2/h12,14,40-48,50,52-59H,3-11,13,15-39H2,1-2H3,(H,51,60)/b14-12-/t40-,41-,42+,43+,44-,45+,46+,47-,48+,50+/m0/s1. The molecule has 1 aliphatic heterocycles. The molecule has 0 aromatic heterocycles. The average molecular weight is 888 g/mol. The van der Waals surface area contributed by atoms with E-state index < -0.39 is 80.3 Å². The van der Waals surface area contributed by atoms with Crippen LogP contribution in [0.2, 0.25) is 0 Å². The highest BCUT2D eigenvalue weighted by Gasteiger charge is 2.45. The molecule has 10 atom stereocenters. The van der Waals surface area contributed by atoms with Gasteiger partial charge in [0.1, 0.15) is 42.7 Å². The maximum Gasteiger partial charge on any atom is 0.249 e. The average Bonchev–Trinajstić information content (AvgIpc) is 3.27. The maximum atomic E-state index is 13.1. The van der Waals surface area contributed by atoms with Gasteiger partial charge >= 0.3 is 0 Å². The fraction of sp³-hybridized carbons (Fsp3) is 0.940. The molecule has 0 aromatic carbocycles. The zero-order chi connectivity index (χ0) is 45.6. The number of hydrogen-bond donors (Lipinski definition) is 9. The third kappa shape index (κ3) is 28.7. The van der Waals surface area contributed by atoms with Crippen molar-refractivity contribution in [2.24, 2.45) is 0 Å². The molecule has 9 N–H and O–H groups in total. The molecular weight excluding hydrogens is 791 g/mol. The van der Waals surface area contributed by atoms with Gasteiger partial charge in [-0.15, -0.1) is 0 Å². The van der Waals surface area contributed by atoms with Gasteiger partial charge in [-0.3, -0.25) is 4.79 Å². The van der Waals surface area contributed by atoms with Crippen LogP contribution in [0.4, 0.5) is 0 Å². The first kappa shape index (κ1) is 58.8. The summed E-state index contributed by atoms with van der Waals surface area (Å²) in [5.74, 6) is -0.789. The van der Waals surface area contributed by atoms with Crippen LogP contribution >= 0.6 is 0 Å². The molecule has 1 fully saturated rings. The summed E-state index contributed by atoms with van der Waals surface area (Å²) in [5, 5.41) is 86.5. The van der Waals surface area contributed by atoms with Crippen LogP contribution in [0.15, 0.2) is 12.2 Å². The summed E-state index contributed by atoms with van der Waals surface area (Å²) < 4.78 is 11.0. The molecule has 0 aromatic rings. The molecule has 0 bridgehead atoms. The number of hydrogen-bond acceptors (Lipinski definition) is 11. The summed E-state index contributed by atoms with van der Waals surface area (Å²) in [4.78, 5) is 13.1. The van der Waals surface area contributed by atoms with E-state index in [1.807, 2.05) is 0 Å². The summed E-state index contributed by atoms with van der Waals surface area (Å²) in [5.41, 5.74) is 0. The molecule has 0 radical (unpaired) electrons. The third-order valence-corrected chi connectivity index (χ3v) is 12.7. The smallest absolute Gasteiger partial charge is 0.249 e. The molecule has 368 valence electrons. The summed E-state index contributed by atoms with van der Waals surface area (Å²) in [7, 11) is 0. The maximum absolute atomic E-state index is 13.1. The van der Waals surface area contributed by atoms with Crippen molar-refractivity contribution < 1.29 is 55.1 Å². The minimum atomic E-state index is -1.72. The Hall–Kier alpha value is -1.19. The van der Waals surface area contributed by atoms with Crippen molar-refractivity contribution in [1.29, 1.82) is 0 Å². The summed E-state index contributed by atoms with van der Waals surface area (Å²) in [6.07, 6.45) is 28.3. The van der Waals surface area contributed by atoms with Gasteiger partial charge in [0, 0.05) is 0 Å². The van der Waals surface area contributed by atoms with Crippen LogP contribution in [0.1, 0.15) is 226 Å². The topological polar surface area (TPSA) is 209 Å². The minimum absolute atomic E-state index is 0.194. The number of aliphatic hydroxyl groups is 8. The quantitative estimate of drug-likeness (QED) is 0.0211. The van der Waals surface area contributed by atoms with Crippen molar-refractivity contribution in [2.75, 3.05) is 13.2 Å². The molecular formula is C50H97NO11. The molecule has 1 rings (SSSR count). The SMILES string of the molecule is CCCCC/C=C\CCCCCC[C@@H](O)C(=O)N[C@@H](CO[C@@H]1O[C@H](CO)[C@@H](O)[C@H](O)[C@H]1O)[C@H](O)[C@H](O)[C@@H](O)CCCCCCCCCCCCCCCCCCCCCCCC. The van der Waals surface area contributed by atoms with Crippen molar-refractivity contribution in [3.8, 4) is 0 Å². The lowest BCUT2D eigenvalue weighted by Gasteiger charge is -2.40. The van der Waals surface area contributed by atoms with Crippen LogP contribution < -0.4 is 5.32 Å². The zero-order valence-corrected chi connectivity index (χ0v) is 39.5. The van der Waals surface area contributed by atoms with E-state index in [9.17, 15) is 45.6 Å². The highest BCUT2D eigenvalue weighted by Crippen LogP contribution is 2.23. The van der Waals surface area contributed by atoms with Crippen LogP contribution in [0.25, 0.3) is 0 Å². The molecule has 1 aliphatic rings. The fourth-order valence-corrected chi connectivity index (χ4v) is 8.34. The van der Waals surface area contributed by atoms with Gasteiger partial charge in [-0.2, -0.15) is 0 Å². The van der Waals surface area contributed by atoms with Crippen LogP contribution in [0.5, 0.6) is 0 Å². The number of carbonyl (C=O) groups is 1. The van der Waals surface area contributed by atoms with Gasteiger partial charge < -0.3 is 55.6 Å². The molecule has 1 heterocycles. The number of allylic oxidation sites excluding steroid dienone is 2. The Kier molecular flexibility index (Phi) is 38.1. The largest absolute Gasteiger partial charge is 0.394 e. The van der Waals surface area contributed by atoms with Gasteiger partial charge in [-0.05, 0) is 38.5 Å². The first-order valence-corrected chi connectivity index (χ1v) is 25.7. The number of unbranched alkanes of at least 4 members (excludes halogenated alkanes) is 28. The first-order valence-electron chi connectivity index (χ1n) is 25.7. The number of rotatable bonds is 43. The Bertz CT molecular complexity index is 1030.